The minimum Gasteiger partial charge on any atom is -0.508 e. The number of rotatable bonds is 3. The third-order valence-corrected chi connectivity index (χ3v) is 4.43. The summed E-state index contributed by atoms with van der Waals surface area (Å²) in [5.74, 6) is -0.889. The molecule has 0 fully saturated rings. The Bertz CT molecular complexity index is 703. The quantitative estimate of drug-likeness (QED) is 0.467. The lowest BCUT2D eigenvalue weighted by Gasteiger charge is -2.30. The molecule has 0 saturated carbocycles. The summed E-state index contributed by atoms with van der Waals surface area (Å²) >= 11 is 26.9. The van der Waals surface area contributed by atoms with Crippen molar-refractivity contribution in [1.82, 2.24) is 0 Å². The Balaban J connectivity index is 2.51. The number of halogens is 5. The van der Waals surface area contributed by atoms with Crippen LogP contribution in [0, 0.1) is 0 Å². The Morgan fingerprint density at radius 3 is 2.17 bits per heavy atom. The fourth-order valence-electron chi connectivity index (χ4n) is 1.92. The highest BCUT2D eigenvalue weighted by molar-refractivity contribution is 9.10. The molecule has 0 bridgehead atoms. The zero-order valence-corrected chi connectivity index (χ0v) is 16.0. The third-order valence-electron chi connectivity index (χ3n) is 2.99. The molecule has 122 valence electrons. The SMILES string of the molecule is O=C(N(c1ccc(Br)cc1)C(Cl)c1ccccc1O)C(Cl)(Cl)Cl. The van der Waals surface area contributed by atoms with Gasteiger partial charge in [0.05, 0.1) is 0 Å². The van der Waals surface area contributed by atoms with Crippen LogP contribution in [0.15, 0.2) is 53.0 Å². The number of hydrogen-bond donors (Lipinski definition) is 1. The van der Waals surface area contributed by atoms with Crippen molar-refractivity contribution < 1.29 is 9.90 Å². The third kappa shape index (κ3) is 4.46. The molecule has 0 aliphatic carbocycles. The molecular formula is C15H10BrCl4NO2. The molecule has 0 aromatic heterocycles. The van der Waals surface area contributed by atoms with E-state index in [1.54, 1.807) is 42.5 Å². The van der Waals surface area contributed by atoms with Crippen molar-refractivity contribution in [2.24, 2.45) is 0 Å². The van der Waals surface area contributed by atoms with E-state index in [0.29, 0.717) is 11.3 Å². The second-order valence-corrected chi connectivity index (χ2v) is 8.15. The number of anilines is 1. The zero-order chi connectivity index (χ0) is 17.2. The van der Waals surface area contributed by atoms with E-state index in [2.05, 4.69) is 15.9 Å². The van der Waals surface area contributed by atoms with E-state index in [1.807, 2.05) is 0 Å². The minimum atomic E-state index is -2.19. The first-order chi connectivity index (χ1) is 10.7. The largest absolute Gasteiger partial charge is 0.508 e. The predicted octanol–water partition coefficient (Wildman–Crippen LogP) is 5.80. The average molecular weight is 458 g/mol. The van der Waals surface area contributed by atoms with Crippen LogP contribution in [0.5, 0.6) is 5.75 Å². The van der Waals surface area contributed by atoms with Gasteiger partial charge in [-0.15, -0.1) is 0 Å². The summed E-state index contributed by atoms with van der Waals surface area (Å²) in [6, 6.07) is 13.1. The van der Waals surface area contributed by atoms with Gasteiger partial charge in [0, 0.05) is 15.7 Å². The molecule has 2 rings (SSSR count). The molecular weight excluding hydrogens is 448 g/mol. The summed E-state index contributed by atoms with van der Waals surface area (Å²) < 4.78 is -1.37. The minimum absolute atomic E-state index is 0.0632. The van der Waals surface area contributed by atoms with Crippen molar-refractivity contribution in [3.63, 3.8) is 0 Å². The molecule has 3 nitrogen and oxygen atoms in total. The number of amides is 1. The Labute approximate surface area is 161 Å². The van der Waals surface area contributed by atoms with Gasteiger partial charge in [0.15, 0.2) is 0 Å². The zero-order valence-electron chi connectivity index (χ0n) is 11.4. The van der Waals surface area contributed by atoms with Crippen LogP contribution in [0.3, 0.4) is 0 Å². The summed E-state index contributed by atoms with van der Waals surface area (Å²) in [5, 5.41) is 9.98. The molecule has 23 heavy (non-hydrogen) atoms. The average Bonchev–Trinajstić information content (AvgIpc) is 2.48. The molecule has 2 aromatic rings. The van der Waals surface area contributed by atoms with Crippen molar-refractivity contribution in [3.05, 3.63) is 58.6 Å². The number of hydrogen-bond acceptors (Lipinski definition) is 2. The van der Waals surface area contributed by atoms with Crippen LogP contribution in [0.2, 0.25) is 0 Å². The van der Waals surface area contributed by atoms with Gasteiger partial charge in [0.2, 0.25) is 0 Å². The van der Waals surface area contributed by atoms with E-state index in [-0.39, 0.29) is 5.75 Å². The van der Waals surface area contributed by atoms with Crippen LogP contribution in [0.4, 0.5) is 5.69 Å². The standard InChI is InChI=1S/C15H10BrCl4NO2/c16-9-5-7-10(8-6-9)21(14(23)15(18,19)20)13(17)11-3-1-2-4-12(11)22/h1-8,13,22H. The molecule has 0 spiro atoms. The van der Waals surface area contributed by atoms with Gasteiger partial charge in [-0.05, 0) is 30.3 Å². The molecule has 0 saturated heterocycles. The molecule has 8 heteroatoms. The van der Waals surface area contributed by atoms with E-state index in [1.165, 1.54) is 6.07 Å². The maximum Gasteiger partial charge on any atom is 0.280 e. The lowest BCUT2D eigenvalue weighted by molar-refractivity contribution is -0.118. The molecule has 1 N–H and O–H groups in total. The topological polar surface area (TPSA) is 40.5 Å². The number of alkyl halides is 4. The molecule has 0 aliphatic heterocycles. The molecule has 2 aromatic carbocycles. The van der Waals surface area contributed by atoms with E-state index in [0.717, 1.165) is 9.37 Å². The van der Waals surface area contributed by atoms with Crippen LogP contribution in [0.1, 0.15) is 11.1 Å². The number of aromatic hydroxyl groups is 1. The molecule has 0 heterocycles. The Kier molecular flexibility index (Phi) is 6.09. The molecule has 0 aliphatic rings. The van der Waals surface area contributed by atoms with Crippen LogP contribution in [-0.4, -0.2) is 14.8 Å². The normalized spacial score (nSPS) is 12.7. The summed E-state index contributed by atoms with van der Waals surface area (Å²) in [6.45, 7) is 0. The second kappa shape index (κ2) is 7.49. The number of carbonyl (C=O) groups is 1. The van der Waals surface area contributed by atoms with Crippen LogP contribution in [-0.2, 0) is 4.79 Å². The summed E-state index contributed by atoms with van der Waals surface area (Å²) in [5.41, 5.74) is -0.312. The van der Waals surface area contributed by atoms with Gasteiger partial charge >= 0.3 is 0 Å². The van der Waals surface area contributed by atoms with Gasteiger partial charge in [-0.2, -0.15) is 0 Å². The van der Waals surface area contributed by atoms with Gasteiger partial charge < -0.3 is 5.11 Å². The predicted molar refractivity (Wildman–Crippen MR) is 98.6 cm³/mol. The van der Waals surface area contributed by atoms with Gasteiger partial charge in [0.25, 0.3) is 9.70 Å². The van der Waals surface area contributed by atoms with Gasteiger partial charge in [-0.3, -0.25) is 9.69 Å². The maximum absolute atomic E-state index is 12.5. The lowest BCUT2D eigenvalue weighted by atomic mass is 10.1. The van der Waals surface area contributed by atoms with Crippen molar-refractivity contribution in [2.45, 2.75) is 9.29 Å². The summed E-state index contributed by atoms with van der Waals surface area (Å²) in [7, 11) is 0. The number of carbonyl (C=O) groups excluding carboxylic acids is 1. The van der Waals surface area contributed by atoms with Crippen molar-refractivity contribution in [3.8, 4) is 5.75 Å². The van der Waals surface area contributed by atoms with Crippen molar-refractivity contribution in [2.75, 3.05) is 4.90 Å². The number of phenols is 1. The fourth-order valence-corrected chi connectivity index (χ4v) is 2.84. The number of para-hydroxylation sites is 1. The van der Waals surface area contributed by atoms with Crippen LogP contribution >= 0.6 is 62.3 Å². The van der Waals surface area contributed by atoms with Crippen molar-refractivity contribution in [1.29, 1.82) is 0 Å². The summed E-state index contributed by atoms with van der Waals surface area (Å²) in [4.78, 5) is 13.6. The fraction of sp³-hybridized carbons (Fsp3) is 0.133. The Morgan fingerprint density at radius 1 is 1.09 bits per heavy atom. The van der Waals surface area contributed by atoms with Gasteiger partial charge in [0.1, 0.15) is 11.3 Å². The van der Waals surface area contributed by atoms with E-state index in [4.69, 9.17) is 46.4 Å². The maximum atomic E-state index is 12.5. The number of phenolic OH excluding ortho intramolecular Hbond substituents is 1. The van der Waals surface area contributed by atoms with E-state index in [9.17, 15) is 9.90 Å². The Hall–Kier alpha value is -0.650. The lowest BCUT2D eigenvalue weighted by Crippen LogP contribution is -2.40. The number of benzene rings is 2. The summed E-state index contributed by atoms with van der Waals surface area (Å²) in [6.07, 6.45) is 0. The van der Waals surface area contributed by atoms with Gasteiger partial charge in [-0.25, -0.2) is 0 Å². The van der Waals surface area contributed by atoms with E-state index < -0.39 is 15.2 Å². The first-order valence-electron chi connectivity index (χ1n) is 6.29. The van der Waals surface area contributed by atoms with Crippen LogP contribution in [0.25, 0.3) is 0 Å². The van der Waals surface area contributed by atoms with E-state index >= 15 is 0 Å². The first-order valence-corrected chi connectivity index (χ1v) is 8.66. The van der Waals surface area contributed by atoms with Gasteiger partial charge in [-0.1, -0.05) is 80.5 Å². The van der Waals surface area contributed by atoms with Crippen LogP contribution < -0.4 is 4.90 Å². The first kappa shape index (κ1) is 18.7. The number of nitrogens with zero attached hydrogens (tertiary/aromatic N) is 1. The molecule has 0 radical (unpaired) electrons. The molecule has 1 atom stereocenters. The molecule has 1 unspecified atom stereocenters. The highest BCUT2D eigenvalue weighted by Gasteiger charge is 2.39. The molecule has 1 amide bonds. The second-order valence-electron chi connectivity index (χ2n) is 4.54. The smallest absolute Gasteiger partial charge is 0.280 e. The highest BCUT2D eigenvalue weighted by Crippen LogP contribution is 2.40. The highest BCUT2D eigenvalue weighted by atomic mass is 79.9. The monoisotopic (exact) mass is 455 g/mol. The Morgan fingerprint density at radius 2 is 1.65 bits per heavy atom. The van der Waals surface area contributed by atoms with Crippen molar-refractivity contribution >= 4 is 73.9 Å².